The highest BCUT2D eigenvalue weighted by molar-refractivity contribution is 5.91. The Morgan fingerprint density at radius 3 is 2.29 bits per heavy atom. The Morgan fingerprint density at radius 1 is 0.921 bits per heavy atom. The molecule has 0 saturated heterocycles. The molecule has 5 aromatic rings. The number of hydrogen-bond acceptors (Lipinski definition) is 4. The quantitative estimate of drug-likeness (QED) is 0.228. The van der Waals surface area contributed by atoms with Crippen molar-refractivity contribution in [2.75, 3.05) is 0 Å². The highest BCUT2D eigenvalue weighted by atomic mass is 19.4. The van der Waals surface area contributed by atoms with Gasteiger partial charge in [0.25, 0.3) is 0 Å². The van der Waals surface area contributed by atoms with Gasteiger partial charge in [0.05, 0.1) is 11.8 Å². The Hall–Kier alpha value is -4.14. The number of aryl methyl sites for hydroxylation is 1. The van der Waals surface area contributed by atoms with Crippen molar-refractivity contribution in [3.05, 3.63) is 78.4 Å². The van der Waals surface area contributed by atoms with Crippen molar-refractivity contribution in [2.24, 2.45) is 7.05 Å². The Morgan fingerprint density at radius 2 is 1.63 bits per heavy atom. The van der Waals surface area contributed by atoms with Gasteiger partial charge in [0.15, 0.2) is 5.69 Å². The Bertz CT molecular complexity index is 1600. The number of rotatable bonds is 6. The highest BCUT2D eigenvalue weighted by Gasteiger charge is 2.35. The van der Waals surface area contributed by atoms with Crippen LogP contribution in [0.2, 0.25) is 0 Å². The lowest BCUT2D eigenvalue weighted by Crippen LogP contribution is -2.05. The van der Waals surface area contributed by atoms with Crippen LogP contribution in [0, 0.1) is 0 Å². The average molecular weight is 520 g/mol. The minimum absolute atomic E-state index is 0.188. The monoisotopic (exact) mass is 519 g/mol. The first-order valence-corrected chi connectivity index (χ1v) is 12.4. The molecule has 0 bridgehead atoms. The van der Waals surface area contributed by atoms with Crippen molar-refractivity contribution in [3.8, 4) is 34.3 Å². The number of nitrogens with zero attached hydrogens (tertiary/aromatic N) is 5. The molecule has 0 aliphatic carbocycles. The molecule has 5 rings (SSSR count). The summed E-state index contributed by atoms with van der Waals surface area (Å²) in [6.07, 6.45) is -1.72. The molecule has 0 aliphatic heterocycles. The Kier molecular flexibility index (Phi) is 6.46. The van der Waals surface area contributed by atoms with E-state index in [-0.39, 0.29) is 11.9 Å². The van der Waals surface area contributed by atoms with E-state index < -0.39 is 11.9 Å². The number of ether oxygens (including phenoxy) is 1. The second-order valence-corrected chi connectivity index (χ2v) is 9.85. The summed E-state index contributed by atoms with van der Waals surface area (Å²) in [6.45, 7) is 7.91. The molecular formula is C29H28F3N5O. The summed E-state index contributed by atoms with van der Waals surface area (Å²) in [5.74, 6) is 1.44. The molecule has 9 heteroatoms. The van der Waals surface area contributed by atoms with Gasteiger partial charge < -0.3 is 13.9 Å². The summed E-state index contributed by atoms with van der Waals surface area (Å²) >= 11 is 0. The fourth-order valence-corrected chi connectivity index (χ4v) is 4.49. The van der Waals surface area contributed by atoms with E-state index in [0.29, 0.717) is 23.1 Å². The lowest BCUT2D eigenvalue weighted by Gasteiger charge is -2.14. The second kappa shape index (κ2) is 9.63. The lowest BCUT2D eigenvalue weighted by atomic mass is 9.94. The maximum absolute atomic E-state index is 13.3. The number of pyridine rings is 1. The molecule has 0 fully saturated rings. The third-order valence-corrected chi connectivity index (χ3v) is 6.44. The van der Waals surface area contributed by atoms with E-state index in [2.05, 4.69) is 29.9 Å². The summed E-state index contributed by atoms with van der Waals surface area (Å²) in [7, 11) is 1.91. The van der Waals surface area contributed by atoms with Crippen LogP contribution in [0.15, 0.2) is 67.1 Å². The first-order valence-electron chi connectivity index (χ1n) is 12.4. The van der Waals surface area contributed by atoms with Crippen molar-refractivity contribution >= 4 is 11.0 Å². The zero-order valence-electron chi connectivity index (χ0n) is 21.8. The van der Waals surface area contributed by atoms with Gasteiger partial charge in [-0.05, 0) is 49.6 Å². The van der Waals surface area contributed by atoms with E-state index in [1.807, 2.05) is 49.7 Å². The summed E-state index contributed by atoms with van der Waals surface area (Å²) in [5, 5.41) is 0. The van der Waals surface area contributed by atoms with Crippen molar-refractivity contribution in [1.82, 2.24) is 24.1 Å². The maximum atomic E-state index is 13.3. The molecule has 0 aliphatic rings. The molecule has 0 saturated carbocycles. The van der Waals surface area contributed by atoms with Crippen molar-refractivity contribution in [3.63, 3.8) is 0 Å². The molecular weight excluding hydrogens is 491 g/mol. The van der Waals surface area contributed by atoms with Crippen molar-refractivity contribution < 1.29 is 17.9 Å². The van der Waals surface area contributed by atoms with Gasteiger partial charge in [0.2, 0.25) is 5.88 Å². The lowest BCUT2D eigenvalue weighted by molar-refractivity contribution is -0.140. The zero-order valence-corrected chi connectivity index (χ0v) is 21.8. The number of benzene rings is 2. The first kappa shape index (κ1) is 25.5. The van der Waals surface area contributed by atoms with Crippen LogP contribution >= 0.6 is 0 Å². The highest BCUT2D eigenvalue weighted by Crippen LogP contribution is 2.36. The van der Waals surface area contributed by atoms with Crippen LogP contribution in [0.25, 0.3) is 33.7 Å². The van der Waals surface area contributed by atoms with Crippen LogP contribution in [-0.2, 0) is 13.2 Å². The van der Waals surface area contributed by atoms with Crippen molar-refractivity contribution in [1.29, 1.82) is 0 Å². The van der Waals surface area contributed by atoms with Crippen LogP contribution in [0.5, 0.6) is 11.6 Å². The van der Waals surface area contributed by atoms with E-state index in [1.165, 1.54) is 4.57 Å². The van der Waals surface area contributed by atoms with E-state index in [9.17, 15) is 13.2 Å². The van der Waals surface area contributed by atoms with Gasteiger partial charge in [-0.15, -0.1) is 0 Å². The number of alkyl halides is 3. The van der Waals surface area contributed by atoms with E-state index in [4.69, 9.17) is 9.72 Å². The van der Waals surface area contributed by atoms with Crippen LogP contribution in [-0.4, -0.2) is 24.1 Å². The van der Waals surface area contributed by atoms with Gasteiger partial charge in [0.1, 0.15) is 22.8 Å². The predicted molar refractivity (Wildman–Crippen MR) is 141 cm³/mol. The number of fused-ring (bicyclic) bond motifs is 1. The third-order valence-electron chi connectivity index (χ3n) is 6.44. The van der Waals surface area contributed by atoms with Gasteiger partial charge in [-0.25, -0.2) is 15.0 Å². The SMILES string of the molecule is CC(C)c1ccccc1-c1nc(Oc2ccc(-c3nc(C(F)(F)F)cn3C(C)C)cc2)cc2c1ncn2C. The Labute approximate surface area is 218 Å². The summed E-state index contributed by atoms with van der Waals surface area (Å²) < 4.78 is 49.5. The molecule has 196 valence electrons. The minimum atomic E-state index is -4.51. The zero-order chi connectivity index (χ0) is 27.2. The molecule has 0 radical (unpaired) electrons. The third kappa shape index (κ3) is 4.76. The van der Waals surface area contributed by atoms with Gasteiger partial charge in [-0.2, -0.15) is 13.2 Å². The van der Waals surface area contributed by atoms with Crippen LogP contribution in [0.3, 0.4) is 0 Å². The molecule has 0 atom stereocenters. The molecule has 0 unspecified atom stereocenters. The molecule has 3 heterocycles. The number of hydrogen-bond donors (Lipinski definition) is 0. The summed E-state index contributed by atoms with van der Waals surface area (Å²) in [6, 6.07) is 16.6. The van der Waals surface area contributed by atoms with Crippen LogP contribution < -0.4 is 4.74 Å². The fourth-order valence-electron chi connectivity index (χ4n) is 4.49. The maximum Gasteiger partial charge on any atom is 0.434 e. The van der Waals surface area contributed by atoms with Gasteiger partial charge >= 0.3 is 6.18 Å². The topological polar surface area (TPSA) is 57.8 Å². The van der Waals surface area contributed by atoms with E-state index in [1.54, 1.807) is 30.6 Å². The number of imidazole rings is 2. The van der Waals surface area contributed by atoms with E-state index >= 15 is 0 Å². The fraction of sp³-hybridized carbons (Fsp3) is 0.276. The summed E-state index contributed by atoms with van der Waals surface area (Å²) in [5.41, 5.74) is 4.19. The molecule has 0 N–H and O–H groups in total. The molecule has 0 amide bonds. The second-order valence-electron chi connectivity index (χ2n) is 9.85. The van der Waals surface area contributed by atoms with Gasteiger partial charge in [-0.3, -0.25) is 0 Å². The minimum Gasteiger partial charge on any atom is -0.439 e. The molecule has 3 aromatic heterocycles. The molecule has 2 aromatic carbocycles. The van der Waals surface area contributed by atoms with Crippen LogP contribution in [0.1, 0.15) is 50.9 Å². The molecule has 6 nitrogen and oxygen atoms in total. The van der Waals surface area contributed by atoms with Crippen molar-refractivity contribution in [2.45, 2.75) is 45.8 Å². The first-order chi connectivity index (χ1) is 18.0. The Balaban J connectivity index is 1.52. The van der Waals surface area contributed by atoms with E-state index in [0.717, 1.165) is 34.1 Å². The van der Waals surface area contributed by atoms with Crippen LogP contribution in [0.4, 0.5) is 13.2 Å². The average Bonchev–Trinajstić information content (AvgIpc) is 3.49. The predicted octanol–water partition coefficient (Wildman–Crippen LogP) is 8.01. The molecule has 0 spiro atoms. The van der Waals surface area contributed by atoms with Gasteiger partial charge in [0, 0.05) is 36.5 Å². The molecule has 38 heavy (non-hydrogen) atoms. The standard InChI is InChI=1S/C29H28F3N5O/c1-17(2)21-8-6-7-9-22(21)26-27-23(36(5)16-33-27)14-25(35-26)38-20-12-10-19(11-13-20)28-34-24(29(30,31)32)15-37(28)18(3)4/h6-18H,1-5H3. The summed E-state index contributed by atoms with van der Waals surface area (Å²) in [4.78, 5) is 13.3. The normalized spacial score (nSPS) is 12.2. The number of aromatic nitrogens is 5. The largest absolute Gasteiger partial charge is 0.439 e. The number of halogens is 3. The smallest absolute Gasteiger partial charge is 0.434 e. The van der Waals surface area contributed by atoms with Gasteiger partial charge in [-0.1, -0.05) is 38.1 Å².